The van der Waals surface area contributed by atoms with Crippen molar-refractivity contribution in [3.8, 4) is 5.75 Å². The van der Waals surface area contributed by atoms with E-state index in [1.54, 1.807) is 43.5 Å². The number of anilines is 1. The van der Waals surface area contributed by atoms with Gasteiger partial charge in [-0.15, -0.1) is 0 Å². The fourth-order valence-electron chi connectivity index (χ4n) is 3.85. The third-order valence-electron chi connectivity index (χ3n) is 5.48. The lowest BCUT2D eigenvalue weighted by Gasteiger charge is -2.19. The van der Waals surface area contributed by atoms with E-state index in [0.717, 1.165) is 6.42 Å². The first-order valence-corrected chi connectivity index (χ1v) is 10.0. The van der Waals surface area contributed by atoms with Crippen molar-refractivity contribution < 1.29 is 14.3 Å². The Bertz CT molecular complexity index is 1050. The highest BCUT2D eigenvalue weighted by Crippen LogP contribution is 2.29. The number of amides is 2. The molecule has 5 heteroatoms. The van der Waals surface area contributed by atoms with E-state index in [-0.39, 0.29) is 11.8 Å². The van der Waals surface area contributed by atoms with Crippen LogP contribution in [0.1, 0.15) is 38.6 Å². The lowest BCUT2D eigenvalue weighted by atomic mass is 9.99. The van der Waals surface area contributed by atoms with Crippen LogP contribution in [-0.2, 0) is 0 Å². The zero-order chi connectivity index (χ0) is 20.9. The molecule has 0 bridgehead atoms. The number of nitrogens with zero attached hydrogens (tertiary/aromatic N) is 1. The van der Waals surface area contributed by atoms with Crippen molar-refractivity contribution in [1.29, 1.82) is 0 Å². The molecule has 2 amide bonds. The number of carbonyl (C=O) groups excluding carboxylic acids is 2. The van der Waals surface area contributed by atoms with E-state index in [9.17, 15) is 9.59 Å². The number of benzene rings is 3. The van der Waals surface area contributed by atoms with Gasteiger partial charge in [0.25, 0.3) is 11.8 Å². The standard InChI is InChI=1S/C25H24N2O3/c1-30-21-11-7-10-19(16-21)24(28)26-23-13-6-5-12-22(23)25(29)27-15-14-20(17-27)18-8-3-2-4-9-18/h2-13,16,20H,14-15,17H2,1H3,(H,26,28). The second-order valence-electron chi connectivity index (χ2n) is 7.38. The van der Waals surface area contributed by atoms with Crippen LogP contribution in [0.3, 0.4) is 0 Å². The van der Waals surface area contributed by atoms with E-state index < -0.39 is 0 Å². The molecule has 152 valence electrons. The van der Waals surface area contributed by atoms with Gasteiger partial charge in [0.1, 0.15) is 5.75 Å². The molecule has 1 heterocycles. The summed E-state index contributed by atoms with van der Waals surface area (Å²) in [6, 6.07) is 24.4. The summed E-state index contributed by atoms with van der Waals surface area (Å²) >= 11 is 0. The number of hydrogen-bond acceptors (Lipinski definition) is 3. The summed E-state index contributed by atoms with van der Waals surface area (Å²) in [5.41, 5.74) is 2.75. The number of para-hydroxylation sites is 1. The van der Waals surface area contributed by atoms with Gasteiger partial charge < -0.3 is 15.0 Å². The van der Waals surface area contributed by atoms with Crippen molar-refractivity contribution >= 4 is 17.5 Å². The Balaban J connectivity index is 1.50. The summed E-state index contributed by atoms with van der Waals surface area (Å²) in [7, 11) is 1.56. The van der Waals surface area contributed by atoms with Crippen LogP contribution in [0.4, 0.5) is 5.69 Å². The van der Waals surface area contributed by atoms with E-state index in [0.29, 0.717) is 41.6 Å². The molecule has 1 fully saturated rings. The predicted molar refractivity (Wildman–Crippen MR) is 117 cm³/mol. The monoisotopic (exact) mass is 400 g/mol. The zero-order valence-corrected chi connectivity index (χ0v) is 16.9. The van der Waals surface area contributed by atoms with Gasteiger partial charge in [-0.1, -0.05) is 48.5 Å². The van der Waals surface area contributed by atoms with Crippen molar-refractivity contribution in [2.24, 2.45) is 0 Å². The number of ether oxygens (including phenoxy) is 1. The molecular weight excluding hydrogens is 376 g/mol. The van der Waals surface area contributed by atoms with E-state index in [1.165, 1.54) is 5.56 Å². The summed E-state index contributed by atoms with van der Waals surface area (Å²) in [4.78, 5) is 27.8. The molecule has 0 aromatic heterocycles. The largest absolute Gasteiger partial charge is 0.497 e. The minimum Gasteiger partial charge on any atom is -0.497 e. The molecular formula is C25H24N2O3. The van der Waals surface area contributed by atoms with Gasteiger partial charge in [-0.25, -0.2) is 0 Å². The van der Waals surface area contributed by atoms with Crippen molar-refractivity contribution in [2.75, 3.05) is 25.5 Å². The average Bonchev–Trinajstić information content (AvgIpc) is 3.30. The molecule has 3 aromatic rings. The molecule has 1 atom stereocenters. The van der Waals surface area contributed by atoms with Crippen molar-refractivity contribution in [3.05, 3.63) is 95.6 Å². The van der Waals surface area contributed by atoms with E-state index in [4.69, 9.17) is 4.74 Å². The second-order valence-corrected chi connectivity index (χ2v) is 7.38. The van der Waals surface area contributed by atoms with E-state index in [1.807, 2.05) is 35.2 Å². The predicted octanol–water partition coefficient (Wildman–Crippen LogP) is 4.58. The molecule has 1 N–H and O–H groups in total. The van der Waals surface area contributed by atoms with Gasteiger partial charge in [0.05, 0.1) is 18.4 Å². The van der Waals surface area contributed by atoms with Crippen LogP contribution < -0.4 is 10.1 Å². The Morgan fingerprint density at radius 3 is 2.53 bits per heavy atom. The van der Waals surface area contributed by atoms with Crippen molar-refractivity contribution in [3.63, 3.8) is 0 Å². The van der Waals surface area contributed by atoms with Crippen LogP contribution in [0.5, 0.6) is 5.75 Å². The van der Waals surface area contributed by atoms with Crippen LogP contribution in [0.15, 0.2) is 78.9 Å². The van der Waals surface area contributed by atoms with Gasteiger partial charge in [0.2, 0.25) is 0 Å². The maximum atomic E-state index is 13.2. The number of nitrogens with one attached hydrogen (secondary N) is 1. The maximum Gasteiger partial charge on any atom is 0.255 e. The molecule has 1 aliphatic heterocycles. The minimum absolute atomic E-state index is 0.0602. The summed E-state index contributed by atoms with van der Waals surface area (Å²) in [5.74, 6) is 0.609. The quantitative estimate of drug-likeness (QED) is 0.682. The number of likely N-dealkylation sites (tertiary alicyclic amines) is 1. The molecule has 30 heavy (non-hydrogen) atoms. The van der Waals surface area contributed by atoms with Gasteiger partial charge in [-0.3, -0.25) is 9.59 Å². The Labute approximate surface area is 176 Å². The normalized spacial score (nSPS) is 15.6. The Kier molecular flexibility index (Phi) is 5.80. The van der Waals surface area contributed by atoms with E-state index >= 15 is 0 Å². The summed E-state index contributed by atoms with van der Waals surface area (Å²) < 4.78 is 5.19. The third-order valence-corrected chi connectivity index (χ3v) is 5.48. The maximum absolute atomic E-state index is 13.2. The number of rotatable bonds is 5. The lowest BCUT2D eigenvalue weighted by molar-refractivity contribution is 0.0792. The molecule has 0 saturated carbocycles. The first kappa shape index (κ1) is 19.7. The molecule has 5 nitrogen and oxygen atoms in total. The molecule has 1 unspecified atom stereocenters. The number of methoxy groups -OCH3 is 1. The lowest BCUT2D eigenvalue weighted by Crippen LogP contribution is -2.29. The molecule has 1 saturated heterocycles. The first-order chi connectivity index (χ1) is 14.7. The van der Waals surface area contributed by atoms with E-state index in [2.05, 4.69) is 17.4 Å². The smallest absolute Gasteiger partial charge is 0.255 e. The topological polar surface area (TPSA) is 58.6 Å². The fourth-order valence-corrected chi connectivity index (χ4v) is 3.85. The van der Waals surface area contributed by atoms with Gasteiger partial charge in [-0.2, -0.15) is 0 Å². The third kappa shape index (κ3) is 4.20. The summed E-state index contributed by atoms with van der Waals surface area (Å²) in [6.45, 7) is 1.39. The highest BCUT2D eigenvalue weighted by molar-refractivity contribution is 6.09. The molecule has 4 rings (SSSR count). The molecule has 1 aliphatic rings. The minimum atomic E-state index is -0.280. The second kappa shape index (κ2) is 8.82. The van der Waals surface area contributed by atoms with Crippen LogP contribution in [0, 0.1) is 0 Å². The van der Waals surface area contributed by atoms with Gasteiger partial charge >= 0.3 is 0 Å². The Hall–Kier alpha value is -3.60. The number of carbonyl (C=O) groups is 2. The highest BCUT2D eigenvalue weighted by atomic mass is 16.5. The molecule has 3 aromatic carbocycles. The van der Waals surface area contributed by atoms with Gasteiger partial charge in [0.15, 0.2) is 0 Å². The molecule has 0 radical (unpaired) electrons. The molecule has 0 aliphatic carbocycles. The van der Waals surface area contributed by atoms with Gasteiger partial charge in [-0.05, 0) is 42.3 Å². The summed E-state index contributed by atoms with van der Waals surface area (Å²) in [5, 5.41) is 2.88. The van der Waals surface area contributed by atoms with Crippen LogP contribution in [0.2, 0.25) is 0 Å². The van der Waals surface area contributed by atoms with Crippen LogP contribution >= 0.6 is 0 Å². The first-order valence-electron chi connectivity index (χ1n) is 10.0. The number of hydrogen-bond donors (Lipinski definition) is 1. The zero-order valence-electron chi connectivity index (χ0n) is 16.9. The van der Waals surface area contributed by atoms with Crippen LogP contribution in [-0.4, -0.2) is 36.9 Å². The van der Waals surface area contributed by atoms with Gasteiger partial charge in [0, 0.05) is 24.6 Å². The van der Waals surface area contributed by atoms with Crippen molar-refractivity contribution in [2.45, 2.75) is 12.3 Å². The SMILES string of the molecule is COc1cccc(C(=O)Nc2ccccc2C(=O)N2CCC(c3ccccc3)C2)c1. The summed E-state index contributed by atoms with van der Waals surface area (Å²) in [6.07, 6.45) is 0.939. The van der Waals surface area contributed by atoms with Crippen molar-refractivity contribution in [1.82, 2.24) is 4.90 Å². The van der Waals surface area contributed by atoms with Crippen LogP contribution in [0.25, 0.3) is 0 Å². The average molecular weight is 400 g/mol. The molecule has 0 spiro atoms. The highest BCUT2D eigenvalue weighted by Gasteiger charge is 2.29. The Morgan fingerprint density at radius 2 is 1.73 bits per heavy atom. The Morgan fingerprint density at radius 1 is 0.967 bits per heavy atom. The fraction of sp³-hybridized carbons (Fsp3) is 0.200.